The molecule has 2 bridgehead atoms. The number of anilines is 2. The fraction of sp³-hybridized carbons (Fsp3) is 0.517. The third kappa shape index (κ3) is 3.83. The van der Waals surface area contributed by atoms with Gasteiger partial charge < -0.3 is 9.88 Å². The number of piperazine rings is 1. The molecule has 0 radical (unpaired) electrons. The second kappa shape index (κ2) is 8.98. The zero-order valence-electron chi connectivity index (χ0n) is 21.0. The van der Waals surface area contributed by atoms with Crippen molar-refractivity contribution in [1.82, 2.24) is 14.9 Å². The van der Waals surface area contributed by atoms with Crippen LogP contribution in [-0.4, -0.2) is 59.5 Å². The van der Waals surface area contributed by atoms with E-state index in [1.54, 1.807) is 0 Å². The maximum atomic E-state index is 14.1. The highest BCUT2D eigenvalue weighted by Gasteiger charge is 2.57. The Morgan fingerprint density at radius 1 is 1.06 bits per heavy atom. The number of pyridine rings is 1. The number of rotatable bonds is 6. The Morgan fingerprint density at radius 3 is 2.49 bits per heavy atom. The number of H-pyrrole nitrogens is 1. The number of benzene rings is 1. The molecular formula is C29H37N5O. The standard InChI is InChI=1S/C29H37N5O/c1-21(32-16-18-33(19-17-32)26-7-5-6-25-24(26)13-15-30-25)20-34(27-8-3-4-14-31-27)28(35)29(2)22-9-10-23(29)12-11-22/h3-8,13-15,21-23,30H,9-12,16-20H2,1-2H3/t21-,22?,23?,29?/m1/s1. The van der Waals surface area contributed by atoms with Crippen molar-refractivity contribution < 1.29 is 4.79 Å². The minimum atomic E-state index is -0.231. The monoisotopic (exact) mass is 471 g/mol. The summed E-state index contributed by atoms with van der Waals surface area (Å²) < 4.78 is 0. The number of aromatic amines is 1. The molecule has 1 aromatic carbocycles. The van der Waals surface area contributed by atoms with Gasteiger partial charge in [-0.3, -0.25) is 14.6 Å². The highest BCUT2D eigenvalue weighted by atomic mass is 16.2. The first kappa shape index (κ1) is 22.6. The molecule has 1 N–H and O–H groups in total. The van der Waals surface area contributed by atoms with Gasteiger partial charge in [0.25, 0.3) is 0 Å². The molecule has 3 aromatic rings. The van der Waals surface area contributed by atoms with Crippen LogP contribution in [0.15, 0.2) is 54.9 Å². The third-order valence-electron chi connectivity index (χ3n) is 9.35. The van der Waals surface area contributed by atoms with Crippen LogP contribution in [0.5, 0.6) is 0 Å². The Morgan fingerprint density at radius 2 is 1.80 bits per heavy atom. The molecule has 2 aliphatic carbocycles. The number of hydrogen-bond acceptors (Lipinski definition) is 4. The van der Waals surface area contributed by atoms with Gasteiger partial charge in [0.05, 0.1) is 5.41 Å². The van der Waals surface area contributed by atoms with E-state index in [0.717, 1.165) is 32.0 Å². The van der Waals surface area contributed by atoms with E-state index in [2.05, 4.69) is 57.9 Å². The van der Waals surface area contributed by atoms with Gasteiger partial charge in [-0.1, -0.05) is 19.1 Å². The minimum Gasteiger partial charge on any atom is -0.368 e. The van der Waals surface area contributed by atoms with Crippen LogP contribution in [-0.2, 0) is 4.79 Å². The molecule has 2 aromatic heterocycles. The molecule has 1 atom stereocenters. The molecule has 2 saturated carbocycles. The minimum absolute atomic E-state index is 0.231. The topological polar surface area (TPSA) is 55.5 Å². The second-order valence-corrected chi connectivity index (χ2v) is 11.0. The van der Waals surface area contributed by atoms with E-state index in [1.165, 1.54) is 42.3 Å². The SMILES string of the molecule is C[C@H](CN(C(=O)C1(C)C2CCC1CC2)c1ccccn1)N1CCN(c2cccc3[nH]ccc23)CC1. The third-order valence-corrected chi connectivity index (χ3v) is 9.35. The molecule has 3 heterocycles. The van der Waals surface area contributed by atoms with E-state index >= 15 is 0 Å². The molecular weight excluding hydrogens is 434 g/mol. The van der Waals surface area contributed by atoms with Crippen LogP contribution in [0, 0.1) is 17.3 Å². The number of carbonyl (C=O) groups excluding carboxylic acids is 1. The second-order valence-electron chi connectivity index (χ2n) is 11.0. The van der Waals surface area contributed by atoms with Crippen LogP contribution < -0.4 is 9.80 Å². The summed E-state index contributed by atoms with van der Waals surface area (Å²) >= 11 is 0. The van der Waals surface area contributed by atoms with Crippen LogP contribution in [0.4, 0.5) is 11.5 Å². The predicted octanol–water partition coefficient (Wildman–Crippen LogP) is 4.93. The number of aromatic nitrogens is 2. The fourth-order valence-corrected chi connectivity index (χ4v) is 7.19. The lowest BCUT2D eigenvalue weighted by Gasteiger charge is -2.42. The van der Waals surface area contributed by atoms with Crippen LogP contribution in [0.25, 0.3) is 10.9 Å². The first-order valence-corrected chi connectivity index (χ1v) is 13.3. The van der Waals surface area contributed by atoms with Crippen molar-refractivity contribution in [2.75, 3.05) is 42.5 Å². The molecule has 1 amide bonds. The van der Waals surface area contributed by atoms with Gasteiger partial charge in [0.1, 0.15) is 5.82 Å². The molecule has 1 saturated heterocycles. The van der Waals surface area contributed by atoms with E-state index < -0.39 is 0 Å². The van der Waals surface area contributed by atoms with Crippen LogP contribution in [0.2, 0.25) is 0 Å². The lowest BCUT2D eigenvalue weighted by Crippen LogP contribution is -2.55. The molecule has 6 heteroatoms. The molecule has 1 aliphatic heterocycles. The lowest BCUT2D eigenvalue weighted by molar-refractivity contribution is -0.130. The van der Waals surface area contributed by atoms with Gasteiger partial charge in [-0.15, -0.1) is 0 Å². The highest BCUT2D eigenvalue weighted by Crippen LogP contribution is 2.58. The lowest BCUT2D eigenvalue weighted by atomic mass is 9.78. The first-order valence-electron chi connectivity index (χ1n) is 13.3. The Kier molecular flexibility index (Phi) is 5.79. The number of hydrogen-bond donors (Lipinski definition) is 1. The molecule has 3 fully saturated rings. The molecule has 184 valence electrons. The number of nitrogens with zero attached hydrogens (tertiary/aromatic N) is 4. The van der Waals surface area contributed by atoms with Crippen molar-refractivity contribution in [3.05, 3.63) is 54.9 Å². The van der Waals surface area contributed by atoms with E-state index in [1.807, 2.05) is 35.5 Å². The summed E-state index contributed by atoms with van der Waals surface area (Å²) in [4.78, 5) is 29.2. The van der Waals surface area contributed by atoms with Crippen molar-refractivity contribution in [2.24, 2.45) is 17.3 Å². The summed E-state index contributed by atoms with van der Waals surface area (Å²) in [5.74, 6) is 2.16. The number of amides is 1. The Labute approximate surface area is 208 Å². The first-order chi connectivity index (χ1) is 17.1. The number of carbonyl (C=O) groups is 1. The van der Waals surface area contributed by atoms with Crippen LogP contribution in [0.3, 0.4) is 0 Å². The van der Waals surface area contributed by atoms with Gasteiger partial charge in [0, 0.05) is 67.7 Å². The van der Waals surface area contributed by atoms with Gasteiger partial charge in [0.15, 0.2) is 0 Å². The summed E-state index contributed by atoms with van der Waals surface area (Å²) in [6, 6.07) is 14.9. The summed E-state index contributed by atoms with van der Waals surface area (Å²) in [5, 5.41) is 1.29. The van der Waals surface area contributed by atoms with Crippen molar-refractivity contribution in [1.29, 1.82) is 0 Å². The fourth-order valence-electron chi connectivity index (χ4n) is 7.19. The van der Waals surface area contributed by atoms with Crippen LogP contribution in [0.1, 0.15) is 39.5 Å². The Bertz CT molecular complexity index is 1160. The highest BCUT2D eigenvalue weighted by molar-refractivity contribution is 5.97. The maximum absolute atomic E-state index is 14.1. The summed E-state index contributed by atoms with van der Waals surface area (Å²) in [7, 11) is 0. The summed E-state index contributed by atoms with van der Waals surface area (Å²) in [6.45, 7) is 9.19. The zero-order chi connectivity index (χ0) is 24.0. The maximum Gasteiger partial charge on any atom is 0.234 e. The number of nitrogens with one attached hydrogen (secondary N) is 1. The van der Waals surface area contributed by atoms with E-state index in [4.69, 9.17) is 0 Å². The van der Waals surface area contributed by atoms with Gasteiger partial charge in [-0.05, 0) is 74.8 Å². The molecule has 0 unspecified atom stereocenters. The van der Waals surface area contributed by atoms with E-state index in [9.17, 15) is 4.79 Å². The van der Waals surface area contributed by atoms with Crippen molar-refractivity contribution in [3.63, 3.8) is 0 Å². The summed E-state index contributed by atoms with van der Waals surface area (Å²) in [6.07, 6.45) is 8.64. The molecule has 35 heavy (non-hydrogen) atoms. The van der Waals surface area contributed by atoms with Crippen LogP contribution >= 0.6 is 0 Å². The van der Waals surface area contributed by atoms with Crippen molar-refractivity contribution >= 4 is 28.3 Å². The Balaban J connectivity index is 1.17. The molecule has 0 spiro atoms. The Hall–Kier alpha value is -2.86. The van der Waals surface area contributed by atoms with Gasteiger partial charge in [-0.25, -0.2) is 4.98 Å². The van der Waals surface area contributed by atoms with E-state index in [0.29, 0.717) is 24.3 Å². The average Bonchev–Trinajstić information content (AvgIpc) is 3.61. The zero-order valence-corrected chi connectivity index (χ0v) is 21.0. The van der Waals surface area contributed by atoms with Gasteiger partial charge in [0.2, 0.25) is 5.91 Å². The average molecular weight is 472 g/mol. The summed E-state index contributed by atoms with van der Waals surface area (Å²) in [5.41, 5.74) is 2.27. The molecule has 6 rings (SSSR count). The molecule has 6 nitrogen and oxygen atoms in total. The van der Waals surface area contributed by atoms with Crippen molar-refractivity contribution in [3.8, 4) is 0 Å². The smallest absolute Gasteiger partial charge is 0.234 e. The van der Waals surface area contributed by atoms with Gasteiger partial charge >= 0.3 is 0 Å². The number of fused-ring (bicyclic) bond motifs is 3. The molecule has 3 aliphatic rings. The van der Waals surface area contributed by atoms with E-state index in [-0.39, 0.29) is 11.5 Å². The quantitative estimate of drug-likeness (QED) is 0.554. The van der Waals surface area contributed by atoms with Crippen molar-refractivity contribution in [2.45, 2.75) is 45.6 Å². The largest absolute Gasteiger partial charge is 0.368 e. The van der Waals surface area contributed by atoms with Gasteiger partial charge in [-0.2, -0.15) is 0 Å². The predicted molar refractivity (Wildman–Crippen MR) is 142 cm³/mol. The normalized spacial score (nSPS) is 27.4.